The first-order chi connectivity index (χ1) is 10.6. The summed E-state index contributed by atoms with van der Waals surface area (Å²) in [5.74, 6) is 0.731. The van der Waals surface area contributed by atoms with Gasteiger partial charge in [0.1, 0.15) is 17.9 Å². The van der Waals surface area contributed by atoms with E-state index in [9.17, 15) is 4.79 Å². The molecule has 2 rings (SSSR count). The minimum atomic E-state index is -0.348. The molecule has 0 bridgehead atoms. The molecule has 0 spiro atoms. The van der Waals surface area contributed by atoms with E-state index in [-0.39, 0.29) is 5.63 Å². The molecule has 0 fully saturated rings. The lowest BCUT2D eigenvalue weighted by atomic mass is 10.1. The highest BCUT2D eigenvalue weighted by Crippen LogP contribution is 2.24. The molecule has 0 aliphatic carbocycles. The molecule has 1 aromatic carbocycles. The molecule has 116 valence electrons. The van der Waals surface area contributed by atoms with Crippen LogP contribution >= 0.6 is 0 Å². The van der Waals surface area contributed by atoms with Crippen molar-refractivity contribution < 1.29 is 9.15 Å². The second-order valence-corrected chi connectivity index (χ2v) is 5.60. The maximum absolute atomic E-state index is 11.2. The Hall–Kier alpha value is -2.29. The number of benzene rings is 1. The van der Waals surface area contributed by atoms with E-state index in [4.69, 9.17) is 9.15 Å². The van der Waals surface area contributed by atoms with Gasteiger partial charge in [-0.2, -0.15) is 0 Å². The Morgan fingerprint density at radius 2 is 1.95 bits per heavy atom. The van der Waals surface area contributed by atoms with Crippen LogP contribution in [0.2, 0.25) is 0 Å². The standard InChI is InChI=1S/C19H22O3/c1-14(2)6-4-7-15(3)12-13-21-17-8-5-9-18-16(17)10-11-19(20)22-18/h5-6,8-12H,4,7,13H2,1-3H3/b15-12+. The highest BCUT2D eigenvalue weighted by atomic mass is 16.5. The van der Waals surface area contributed by atoms with E-state index in [0.717, 1.165) is 24.0 Å². The zero-order valence-corrected chi connectivity index (χ0v) is 13.4. The summed E-state index contributed by atoms with van der Waals surface area (Å²) in [7, 11) is 0. The van der Waals surface area contributed by atoms with E-state index in [0.29, 0.717) is 12.2 Å². The molecule has 0 unspecified atom stereocenters. The fraction of sp³-hybridized carbons (Fsp3) is 0.316. The van der Waals surface area contributed by atoms with Gasteiger partial charge >= 0.3 is 5.63 Å². The lowest BCUT2D eigenvalue weighted by Gasteiger charge is -2.07. The molecule has 0 N–H and O–H groups in total. The van der Waals surface area contributed by atoms with Crippen molar-refractivity contribution in [2.75, 3.05) is 6.61 Å². The number of hydrogen-bond acceptors (Lipinski definition) is 3. The monoisotopic (exact) mass is 298 g/mol. The molecular weight excluding hydrogens is 276 g/mol. The highest BCUT2D eigenvalue weighted by molar-refractivity contribution is 5.83. The van der Waals surface area contributed by atoms with Gasteiger partial charge in [0.25, 0.3) is 0 Å². The van der Waals surface area contributed by atoms with Gasteiger partial charge in [0, 0.05) is 6.07 Å². The molecule has 0 saturated carbocycles. The van der Waals surface area contributed by atoms with Gasteiger partial charge in [-0.25, -0.2) is 4.79 Å². The van der Waals surface area contributed by atoms with Gasteiger partial charge < -0.3 is 9.15 Å². The second kappa shape index (κ2) is 7.64. The SMILES string of the molecule is CC(C)=CCC/C(C)=C/COc1cccc2oc(=O)ccc12. The van der Waals surface area contributed by atoms with Crippen molar-refractivity contribution >= 4 is 11.0 Å². The molecule has 3 nitrogen and oxygen atoms in total. The Balaban J connectivity index is 2.00. The number of rotatable bonds is 6. The average Bonchev–Trinajstić information content (AvgIpc) is 2.46. The molecule has 0 amide bonds. The summed E-state index contributed by atoms with van der Waals surface area (Å²) >= 11 is 0. The van der Waals surface area contributed by atoms with Crippen molar-refractivity contribution in [1.29, 1.82) is 0 Å². The van der Waals surface area contributed by atoms with E-state index in [1.807, 2.05) is 12.1 Å². The summed E-state index contributed by atoms with van der Waals surface area (Å²) in [5, 5.41) is 0.817. The van der Waals surface area contributed by atoms with E-state index in [1.165, 1.54) is 17.2 Å². The first-order valence-corrected chi connectivity index (χ1v) is 7.51. The Bertz CT molecular complexity index is 747. The van der Waals surface area contributed by atoms with Crippen LogP contribution in [0.1, 0.15) is 33.6 Å². The Kier molecular flexibility index (Phi) is 5.59. The van der Waals surface area contributed by atoms with Crippen LogP contribution in [0.3, 0.4) is 0 Å². The fourth-order valence-electron chi connectivity index (χ4n) is 2.16. The van der Waals surface area contributed by atoms with E-state index < -0.39 is 0 Å². The molecule has 1 heterocycles. The Morgan fingerprint density at radius 1 is 1.14 bits per heavy atom. The third-order valence-electron chi connectivity index (χ3n) is 3.38. The highest BCUT2D eigenvalue weighted by Gasteiger charge is 2.03. The quantitative estimate of drug-likeness (QED) is 0.564. The molecular formula is C19H22O3. The van der Waals surface area contributed by atoms with Gasteiger partial charge in [-0.3, -0.25) is 0 Å². The van der Waals surface area contributed by atoms with Gasteiger partial charge in [-0.15, -0.1) is 0 Å². The number of allylic oxidation sites excluding steroid dienone is 3. The Labute approximate surface area is 130 Å². The summed E-state index contributed by atoms with van der Waals surface area (Å²) in [5.41, 5.74) is 2.86. The van der Waals surface area contributed by atoms with Crippen LogP contribution < -0.4 is 10.4 Å². The topological polar surface area (TPSA) is 39.4 Å². The fourth-order valence-corrected chi connectivity index (χ4v) is 2.16. The normalized spacial score (nSPS) is 11.5. The Morgan fingerprint density at radius 3 is 2.73 bits per heavy atom. The summed E-state index contributed by atoms with van der Waals surface area (Å²) < 4.78 is 11.0. The molecule has 0 atom stereocenters. The largest absolute Gasteiger partial charge is 0.489 e. The molecule has 2 aromatic rings. The van der Waals surface area contributed by atoms with Crippen molar-refractivity contribution in [3.8, 4) is 5.75 Å². The molecule has 0 saturated heterocycles. The lowest BCUT2D eigenvalue weighted by Crippen LogP contribution is -1.98. The van der Waals surface area contributed by atoms with Gasteiger partial charge in [-0.05, 0) is 57.9 Å². The van der Waals surface area contributed by atoms with Crippen LogP contribution in [0, 0.1) is 0 Å². The van der Waals surface area contributed by atoms with Crippen LogP contribution in [0.4, 0.5) is 0 Å². The average molecular weight is 298 g/mol. The van der Waals surface area contributed by atoms with Crippen molar-refractivity contribution in [3.63, 3.8) is 0 Å². The van der Waals surface area contributed by atoms with Gasteiger partial charge in [0.2, 0.25) is 0 Å². The van der Waals surface area contributed by atoms with Crippen LogP contribution in [0.5, 0.6) is 5.75 Å². The number of hydrogen-bond donors (Lipinski definition) is 0. The zero-order chi connectivity index (χ0) is 15.9. The van der Waals surface area contributed by atoms with Crippen LogP contribution in [0.15, 0.2) is 62.8 Å². The van der Waals surface area contributed by atoms with Crippen molar-refractivity contribution in [1.82, 2.24) is 0 Å². The number of fused-ring (bicyclic) bond motifs is 1. The van der Waals surface area contributed by atoms with E-state index in [1.54, 1.807) is 12.1 Å². The maximum Gasteiger partial charge on any atom is 0.336 e. The van der Waals surface area contributed by atoms with Gasteiger partial charge in [0.05, 0.1) is 5.39 Å². The molecule has 3 heteroatoms. The van der Waals surface area contributed by atoms with Crippen LogP contribution in [-0.2, 0) is 0 Å². The first-order valence-electron chi connectivity index (χ1n) is 7.51. The molecule has 0 aliphatic heterocycles. The summed E-state index contributed by atoms with van der Waals surface area (Å²) in [6, 6.07) is 8.63. The zero-order valence-electron chi connectivity index (χ0n) is 13.4. The number of ether oxygens (including phenoxy) is 1. The summed E-state index contributed by atoms with van der Waals surface area (Å²) in [4.78, 5) is 11.2. The predicted molar refractivity (Wildman–Crippen MR) is 90.4 cm³/mol. The summed E-state index contributed by atoms with van der Waals surface area (Å²) in [6.45, 7) is 6.85. The summed E-state index contributed by atoms with van der Waals surface area (Å²) in [6.07, 6.45) is 6.44. The maximum atomic E-state index is 11.2. The van der Waals surface area contributed by atoms with E-state index >= 15 is 0 Å². The lowest BCUT2D eigenvalue weighted by molar-refractivity contribution is 0.365. The second-order valence-electron chi connectivity index (χ2n) is 5.60. The smallest absolute Gasteiger partial charge is 0.336 e. The van der Waals surface area contributed by atoms with Gasteiger partial charge in [0.15, 0.2) is 0 Å². The molecule has 0 aliphatic rings. The molecule has 1 aromatic heterocycles. The first kappa shape index (κ1) is 16.1. The van der Waals surface area contributed by atoms with Crippen molar-refractivity contribution in [3.05, 3.63) is 64.1 Å². The minimum Gasteiger partial charge on any atom is -0.489 e. The molecule has 22 heavy (non-hydrogen) atoms. The van der Waals surface area contributed by atoms with Crippen LogP contribution in [-0.4, -0.2) is 6.61 Å². The van der Waals surface area contributed by atoms with Gasteiger partial charge in [-0.1, -0.05) is 23.3 Å². The third kappa shape index (κ3) is 4.62. The van der Waals surface area contributed by atoms with Crippen molar-refractivity contribution in [2.45, 2.75) is 33.6 Å². The van der Waals surface area contributed by atoms with Crippen molar-refractivity contribution in [2.24, 2.45) is 0 Å². The molecule has 0 radical (unpaired) electrons. The minimum absolute atomic E-state index is 0.348. The van der Waals surface area contributed by atoms with E-state index in [2.05, 4.69) is 32.9 Å². The third-order valence-corrected chi connectivity index (χ3v) is 3.38. The van der Waals surface area contributed by atoms with Crippen LogP contribution in [0.25, 0.3) is 11.0 Å². The predicted octanol–water partition coefficient (Wildman–Crippen LogP) is 4.86.